The van der Waals surface area contributed by atoms with Crippen LogP contribution in [0.15, 0.2) is 53.8 Å². The van der Waals surface area contributed by atoms with Gasteiger partial charge in [0.15, 0.2) is 0 Å². The first-order chi connectivity index (χ1) is 11.6. The third-order valence-electron chi connectivity index (χ3n) is 3.79. The van der Waals surface area contributed by atoms with Crippen LogP contribution in [0.1, 0.15) is 24.1 Å². The highest BCUT2D eigenvalue weighted by Gasteiger charge is 2.26. The molecule has 0 saturated heterocycles. The number of hydrogen-bond acceptors (Lipinski definition) is 4. The molecule has 2 heterocycles. The van der Waals surface area contributed by atoms with Gasteiger partial charge in [-0.25, -0.2) is 5.01 Å². The lowest BCUT2D eigenvalue weighted by atomic mass is 10.1. The molecule has 0 radical (unpaired) electrons. The van der Waals surface area contributed by atoms with Crippen LogP contribution >= 0.6 is 0 Å². The number of carbonyl (C=O) groups excluding carboxylic acids is 2. The van der Waals surface area contributed by atoms with E-state index in [4.69, 9.17) is 0 Å². The lowest BCUT2D eigenvalue weighted by Gasteiger charge is -2.24. The molecule has 0 unspecified atom stereocenters. The van der Waals surface area contributed by atoms with Crippen molar-refractivity contribution in [2.45, 2.75) is 26.3 Å². The molecule has 0 aliphatic carbocycles. The third-order valence-corrected chi connectivity index (χ3v) is 3.79. The summed E-state index contributed by atoms with van der Waals surface area (Å²) >= 11 is 0. The number of amides is 2. The van der Waals surface area contributed by atoms with Crippen molar-refractivity contribution in [1.82, 2.24) is 10.3 Å². The van der Waals surface area contributed by atoms with E-state index in [2.05, 4.69) is 15.4 Å². The van der Waals surface area contributed by atoms with Gasteiger partial charge in [-0.15, -0.1) is 0 Å². The minimum absolute atomic E-state index is 0.106. The standard InChI is InChI=1S/C18H18N4O2/c1-13-6-2-3-8-16(13)22-17(23)10-9-15(21-22)18(24)20-12-14-7-4-5-11-19-14/h2-8,11H,9-10,12H2,1H3,(H,20,24). The van der Waals surface area contributed by atoms with Crippen molar-refractivity contribution in [2.75, 3.05) is 5.01 Å². The first-order valence-electron chi connectivity index (χ1n) is 7.79. The molecule has 2 aromatic rings. The summed E-state index contributed by atoms with van der Waals surface area (Å²) in [5.74, 6) is -0.377. The van der Waals surface area contributed by atoms with Crippen LogP contribution in [0.5, 0.6) is 0 Å². The molecule has 0 spiro atoms. The summed E-state index contributed by atoms with van der Waals surface area (Å²) in [6, 6.07) is 13.0. The van der Waals surface area contributed by atoms with Crippen molar-refractivity contribution in [1.29, 1.82) is 0 Å². The fourth-order valence-corrected chi connectivity index (χ4v) is 2.48. The fourth-order valence-electron chi connectivity index (χ4n) is 2.48. The number of rotatable bonds is 4. The summed E-state index contributed by atoms with van der Waals surface area (Å²) in [6.45, 7) is 2.24. The first kappa shape index (κ1) is 15.9. The van der Waals surface area contributed by atoms with Crippen LogP contribution in [0.2, 0.25) is 0 Å². The normalized spacial score (nSPS) is 14.3. The maximum atomic E-state index is 12.3. The zero-order valence-electron chi connectivity index (χ0n) is 13.4. The zero-order valence-corrected chi connectivity index (χ0v) is 13.4. The van der Waals surface area contributed by atoms with Gasteiger partial charge in [0, 0.05) is 19.0 Å². The number of para-hydroxylation sites is 1. The van der Waals surface area contributed by atoms with E-state index in [0.717, 1.165) is 11.3 Å². The van der Waals surface area contributed by atoms with E-state index in [1.54, 1.807) is 6.20 Å². The van der Waals surface area contributed by atoms with Crippen LogP contribution in [0.4, 0.5) is 5.69 Å². The van der Waals surface area contributed by atoms with Crippen LogP contribution in [-0.4, -0.2) is 22.5 Å². The number of aromatic nitrogens is 1. The topological polar surface area (TPSA) is 74.7 Å². The number of hydrazone groups is 1. The number of hydrogen-bond donors (Lipinski definition) is 1. The largest absolute Gasteiger partial charge is 0.345 e. The molecule has 0 bridgehead atoms. The van der Waals surface area contributed by atoms with Gasteiger partial charge in [-0.05, 0) is 30.7 Å². The molecule has 1 aliphatic heterocycles. The molecule has 122 valence electrons. The van der Waals surface area contributed by atoms with Crippen molar-refractivity contribution < 1.29 is 9.59 Å². The Balaban J connectivity index is 1.75. The van der Waals surface area contributed by atoms with E-state index in [1.807, 2.05) is 49.4 Å². The van der Waals surface area contributed by atoms with Crippen LogP contribution in [-0.2, 0) is 16.1 Å². The number of carbonyl (C=O) groups is 2. The van der Waals surface area contributed by atoms with Gasteiger partial charge in [0.25, 0.3) is 5.91 Å². The molecule has 6 heteroatoms. The van der Waals surface area contributed by atoms with Gasteiger partial charge in [0.1, 0.15) is 5.71 Å². The van der Waals surface area contributed by atoms with E-state index < -0.39 is 0 Å². The summed E-state index contributed by atoms with van der Waals surface area (Å²) in [5.41, 5.74) is 2.77. The smallest absolute Gasteiger partial charge is 0.267 e. The molecule has 0 saturated carbocycles. The van der Waals surface area contributed by atoms with Gasteiger partial charge in [-0.3, -0.25) is 14.6 Å². The Morgan fingerprint density at radius 2 is 1.96 bits per heavy atom. The number of benzene rings is 1. The maximum absolute atomic E-state index is 12.3. The highest BCUT2D eigenvalue weighted by atomic mass is 16.2. The summed E-state index contributed by atoms with van der Waals surface area (Å²) in [7, 11) is 0. The molecule has 0 atom stereocenters. The van der Waals surface area contributed by atoms with Crippen LogP contribution in [0.25, 0.3) is 0 Å². The number of pyridine rings is 1. The summed E-state index contributed by atoms with van der Waals surface area (Å²) in [5, 5.41) is 8.40. The lowest BCUT2D eigenvalue weighted by molar-refractivity contribution is -0.119. The lowest BCUT2D eigenvalue weighted by Crippen LogP contribution is -2.39. The summed E-state index contributed by atoms with van der Waals surface area (Å²) in [4.78, 5) is 28.7. The van der Waals surface area contributed by atoms with E-state index in [-0.39, 0.29) is 18.2 Å². The SMILES string of the molecule is Cc1ccccc1N1N=C(C(=O)NCc2ccccn2)CCC1=O. The van der Waals surface area contributed by atoms with Crippen LogP contribution in [0, 0.1) is 6.92 Å². The Morgan fingerprint density at radius 1 is 1.17 bits per heavy atom. The predicted molar refractivity (Wildman–Crippen MR) is 91.4 cm³/mol. The van der Waals surface area contributed by atoms with E-state index in [1.165, 1.54) is 5.01 Å². The molecule has 1 aromatic heterocycles. The van der Waals surface area contributed by atoms with Crippen molar-refractivity contribution in [2.24, 2.45) is 5.10 Å². The van der Waals surface area contributed by atoms with Crippen molar-refractivity contribution in [3.8, 4) is 0 Å². The monoisotopic (exact) mass is 322 g/mol. The van der Waals surface area contributed by atoms with Gasteiger partial charge in [0.05, 0.1) is 17.9 Å². The Labute approximate surface area is 140 Å². The van der Waals surface area contributed by atoms with E-state index in [0.29, 0.717) is 24.4 Å². The van der Waals surface area contributed by atoms with Gasteiger partial charge in [0.2, 0.25) is 5.91 Å². The highest BCUT2D eigenvalue weighted by molar-refractivity contribution is 6.40. The molecule has 2 amide bonds. The highest BCUT2D eigenvalue weighted by Crippen LogP contribution is 2.23. The summed E-state index contributed by atoms with van der Waals surface area (Å²) in [6.07, 6.45) is 2.29. The average molecular weight is 322 g/mol. The minimum atomic E-state index is -0.272. The van der Waals surface area contributed by atoms with Crippen molar-refractivity contribution in [3.63, 3.8) is 0 Å². The molecule has 1 aromatic carbocycles. The van der Waals surface area contributed by atoms with Gasteiger partial charge in [-0.1, -0.05) is 24.3 Å². The van der Waals surface area contributed by atoms with Crippen LogP contribution in [0.3, 0.4) is 0 Å². The van der Waals surface area contributed by atoms with E-state index >= 15 is 0 Å². The Bertz CT molecular complexity index is 787. The Hall–Kier alpha value is -3.02. The molecule has 6 nitrogen and oxygen atoms in total. The zero-order chi connectivity index (χ0) is 16.9. The van der Waals surface area contributed by atoms with Crippen LogP contribution < -0.4 is 10.3 Å². The maximum Gasteiger partial charge on any atom is 0.267 e. The Morgan fingerprint density at radius 3 is 2.71 bits per heavy atom. The van der Waals surface area contributed by atoms with Gasteiger partial charge < -0.3 is 5.32 Å². The van der Waals surface area contributed by atoms with E-state index in [9.17, 15) is 9.59 Å². The fraction of sp³-hybridized carbons (Fsp3) is 0.222. The number of anilines is 1. The van der Waals surface area contributed by atoms with Gasteiger partial charge in [-0.2, -0.15) is 5.10 Å². The number of nitrogens with one attached hydrogen (secondary N) is 1. The number of aryl methyl sites for hydroxylation is 1. The predicted octanol–water partition coefficient (Wildman–Crippen LogP) is 2.19. The third kappa shape index (κ3) is 3.48. The van der Waals surface area contributed by atoms with Crippen molar-refractivity contribution in [3.05, 3.63) is 59.9 Å². The number of nitrogens with zero attached hydrogens (tertiary/aromatic N) is 3. The second-order valence-corrected chi connectivity index (χ2v) is 5.54. The van der Waals surface area contributed by atoms with Crippen molar-refractivity contribution >= 4 is 23.2 Å². The average Bonchev–Trinajstić information content (AvgIpc) is 2.62. The summed E-state index contributed by atoms with van der Waals surface area (Å²) < 4.78 is 0. The molecule has 3 rings (SSSR count). The molecule has 24 heavy (non-hydrogen) atoms. The Kier molecular flexibility index (Phi) is 4.65. The first-order valence-corrected chi connectivity index (χ1v) is 7.79. The second-order valence-electron chi connectivity index (χ2n) is 5.54. The molecule has 1 N–H and O–H groups in total. The molecular formula is C18H18N4O2. The van der Waals surface area contributed by atoms with Gasteiger partial charge >= 0.3 is 0 Å². The molecular weight excluding hydrogens is 304 g/mol. The molecule has 1 aliphatic rings. The second kappa shape index (κ2) is 7.04. The quantitative estimate of drug-likeness (QED) is 0.937. The minimum Gasteiger partial charge on any atom is -0.345 e. The molecule has 0 fully saturated rings.